The maximum absolute atomic E-state index is 6.41. The Morgan fingerprint density at radius 2 is 1.96 bits per heavy atom. The lowest BCUT2D eigenvalue weighted by molar-refractivity contribution is 0.299. The van der Waals surface area contributed by atoms with Crippen LogP contribution in [0.25, 0.3) is 16.9 Å². The molecule has 28 heavy (non-hydrogen) atoms. The molecular formula is C22H24ClN3O2. The summed E-state index contributed by atoms with van der Waals surface area (Å²) in [6.45, 7) is 2.97. The molecular weight excluding hydrogens is 374 g/mol. The summed E-state index contributed by atoms with van der Waals surface area (Å²) in [5.41, 5.74) is 3.92. The molecule has 0 spiro atoms. The monoisotopic (exact) mass is 397 g/mol. The number of imidazole rings is 1. The largest absolute Gasteiger partial charge is 0.495 e. The van der Waals surface area contributed by atoms with Crippen LogP contribution in [0.1, 0.15) is 25.7 Å². The van der Waals surface area contributed by atoms with Gasteiger partial charge in [-0.3, -0.25) is 0 Å². The van der Waals surface area contributed by atoms with E-state index in [2.05, 4.69) is 27.6 Å². The molecule has 1 saturated carbocycles. The zero-order chi connectivity index (χ0) is 19.1. The van der Waals surface area contributed by atoms with Crippen molar-refractivity contribution in [1.29, 1.82) is 0 Å². The zero-order valence-corrected chi connectivity index (χ0v) is 16.8. The van der Waals surface area contributed by atoms with E-state index in [9.17, 15) is 0 Å². The number of methoxy groups -OCH3 is 1. The number of hydrogen-bond acceptors (Lipinski definition) is 4. The molecule has 5 nitrogen and oxygen atoms in total. The van der Waals surface area contributed by atoms with Gasteiger partial charge in [0.25, 0.3) is 0 Å². The van der Waals surface area contributed by atoms with E-state index in [0.717, 1.165) is 42.4 Å². The Hall–Kier alpha value is -2.40. The summed E-state index contributed by atoms with van der Waals surface area (Å²) >= 11 is 6.41. The molecule has 0 unspecified atom stereocenters. The lowest BCUT2D eigenvalue weighted by Crippen LogP contribution is -2.17. The lowest BCUT2D eigenvalue weighted by atomic mass is 10.1. The topological polar surface area (TPSA) is 39.0 Å². The molecule has 0 bridgehead atoms. The van der Waals surface area contributed by atoms with Gasteiger partial charge in [-0.25, -0.2) is 4.98 Å². The van der Waals surface area contributed by atoms with Crippen LogP contribution in [0, 0.1) is 5.92 Å². The Morgan fingerprint density at radius 3 is 2.71 bits per heavy atom. The average molecular weight is 398 g/mol. The molecule has 1 saturated heterocycles. The van der Waals surface area contributed by atoms with Crippen molar-refractivity contribution >= 4 is 22.9 Å². The Balaban J connectivity index is 1.53. The summed E-state index contributed by atoms with van der Waals surface area (Å²) in [5, 5.41) is 0.561. The van der Waals surface area contributed by atoms with E-state index in [-0.39, 0.29) is 0 Å². The third-order valence-corrected chi connectivity index (χ3v) is 5.91. The highest BCUT2D eigenvalue weighted by molar-refractivity contribution is 6.32. The van der Waals surface area contributed by atoms with Gasteiger partial charge in [-0.2, -0.15) is 0 Å². The van der Waals surface area contributed by atoms with E-state index in [0.29, 0.717) is 16.7 Å². The van der Waals surface area contributed by atoms with Crippen LogP contribution < -0.4 is 14.4 Å². The second-order valence-corrected chi connectivity index (χ2v) is 8.12. The van der Waals surface area contributed by atoms with Crippen molar-refractivity contribution < 1.29 is 9.47 Å². The number of halogens is 1. The highest BCUT2D eigenvalue weighted by atomic mass is 35.5. The number of hydrogen-bond donors (Lipinski definition) is 0. The van der Waals surface area contributed by atoms with Crippen molar-refractivity contribution in [3.05, 3.63) is 41.7 Å². The summed E-state index contributed by atoms with van der Waals surface area (Å²) in [7, 11) is 1.62. The molecule has 2 aliphatic rings. The minimum absolute atomic E-state index is 0.561. The van der Waals surface area contributed by atoms with Crippen LogP contribution in [0.15, 0.2) is 36.7 Å². The fourth-order valence-corrected chi connectivity index (χ4v) is 4.02. The van der Waals surface area contributed by atoms with Crippen molar-refractivity contribution in [2.75, 3.05) is 31.7 Å². The molecule has 2 fully saturated rings. The van der Waals surface area contributed by atoms with Crippen LogP contribution in [-0.4, -0.2) is 36.2 Å². The van der Waals surface area contributed by atoms with Crippen LogP contribution in [0.4, 0.5) is 5.69 Å². The van der Waals surface area contributed by atoms with Crippen LogP contribution >= 0.6 is 11.6 Å². The summed E-state index contributed by atoms with van der Waals surface area (Å²) in [6, 6.07) is 8.09. The zero-order valence-electron chi connectivity index (χ0n) is 16.0. The highest BCUT2D eigenvalue weighted by Crippen LogP contribution is 2.40. The smallest absolute Gasteiger partial charge is 0.141 e. The number of pyridine rings is 1. The molecule has 5 rings (SSSR count). The Morgan fingerprint density at radius 1 is 1.14 bits per heavy atom. The second kappa shape index (κ2) is 7.21. The molecule has 0 N–H and O–H groups in total. The number of nitrogens with zero attached hydrogens (tertiary/aromatic N) is 3. The Labute approximate surface area is 169 Å². The van der Waals surface area contributed by atoms with Gasteiger partial charge in [0.1, 0.15) is 17.1 Å². The average Bonchev–Trinajstić information content (AvgIpc) is 3.19. The van der Waals surface area contributed by atoms with Gasteiger partial charge in [-0.15, -0.1) is 0 Å². The molecule has 0 atom stereocenters. The fraction of sp³-hybridized carbons (Fsp3) is 0.409. The summed E-state index contributed by atoms with van der Waals surface area (Å²) in [5.74, 6) is 2.06. The number of rotatable bonds is 6. The first kappa shape index (κ1) is 17.7. The van der Waals surface area contributed by atoms with Crippen molar-refractivity contribution in [2.45, 2.75) is 25.7 Å². The number of fused-ring (bicyclic) bond motifs is 1. The van der Waals surface area contributed by atoms with Crippen LogP contribution in [0.3, 0.4) is 0 Å². The van der Waals surface area contributed by atoms with Crippen molar-refractivity contribution in [1.82, 2.24) is 9.38 Å². The predicted molar refractivity (Wildman–Crippen MR) is 112 cm³/mol. The van der Waals surface area contributed by atoms with Gasteiger partial charge in [0.05, 0.1) is 24.4 Å². The van der Waals surface area contributed by atoms with Crippen molar-refractivity contribution in [3.8, 4) is 22.8 Å². The number of anilines is 1. The van der Waals surface area contributed by atoms with Crippen molar-refractivity contribution in [3.63, 3.8) is 0 Å². The molecule has 1 aliphatic carbocycles. The molecule has 0 amide bonds. The second-order valence-electron chi connectivity index (χ2n) is 7.71. The molecule has 1 aliphatic heterocycles. The van der Waals surface area contributed by atoms with E-state index >= 15 is 0 Å². The van der Waals surface area contributed by atoms with Gasteiger partial charge in [-0.1, -0.05) is 11.6 Å². The summed E-state index contributed by atoms with van der Waals surface area (Å²) in [4.78, 5) is 7.29. The van der Waals surface area contributed by atoms with Gasteiger partial charge in [0.2, 0.25) is 0 Å². The van der Waals surface area contributed by atoms with Gasteiger partial charge in [0.15, 0.2) is 0 Å². The van der Waals surface area contributed by atoms with Crippen LogP contribution in [0.2, 0.25) is 5.02 Å². The SMILES string of the molecule is COc1cc(OCC2CC2)c(-c2cn3ccc(N4CCCC4)cc3n2)cc1Cl. The number of aromatic nitrogens is 2. The Kier molecular flexibility index (Phi) is 4.55. The van der Waals surface area contributed by atoms with E-state index < -0.39 is 0 Å². The van der Waals surface area contributed by atoms with E-state index in [1.165, 1.54) is 31.4 Å². The normalized spacial score (nSPS) is 16.7. The van der Waals surface area contributed by atoms with Gasteiger partial charge in [-0.05, 0) is 43.7 Å². The summed E-state index contributed by atoms with van der Waals surface area (Å²) in [6.07, 6.45) is 9.12. The van der Waals surface area contributed by atoms with E-state index in [4.69, 9.17) is 26.1 Å². The molecule has 3 heterocycles. The predicted octanol–water partition coefficient (Wildman–Crippen LogP) is 5.05. The standard InChI is InChI=1S/C22H24ClN3O2/c1-27-21-12-20(28-14-15-4-5-15)17(11-18(21)23)19-13-26-9-6-16(10-22(26)24-19)25-7-2-3-8-25/h6,9-13,15H,2-5,7-8,14H2,1H3. The fourth-order valence-electron chi connectivity index (χ4n) is 3.78. The maximum Gasteiger partial charge on any atom is 0.141 e. The first-order valence-electron chi connectivity index (χ1n) is 9.95. The molecule has 146 valence electrons. The first-order chi connectivity index (χ1) is 13.7. The molecule has 3 aromatic rings. The van der Waals surface area contributed by atoms with Gasteiger partial charge < -0.3 is 18.8 Å². The highest BCUT2D eigenvalue weighted by Gasteiger charge is 2.23. The first-order valence-corrected chi connectivity index (χ1v) is 10.3. The quantitative estimate of drug-likeness (QED) is 0.583. The lowest BCUT2D eigenvalue weighted by Gasteiger charge is -2.17. The molecule has 2 aromatic heterocycles. The summed E-state index contributed by atoms with van der Waals surface area (Å²) < 4.78 is 13.6. The van der Waals surface area contributed by atoms with E-state index in [1.54, 1.807) is 7.11 Å². The molecule has 1 aromatic carbocycles. The van der Waals surface area contributed by atoms with Gasteiger partial charge >= 0.3 is 0 Å². The van der Waals surface area contributed by atoms with Crippen LogP contribution in [-0.2, 0) is 0 Å². The third kappa shape index (κ3) is 3.39. The number of benzene rings is 1. The van der Waals surface area contributed by atoms with E-state index in [1.807, 2.05) is 18.3 Å². The maximum atomic E-state index is 6.41. The minimum Gasteiger partial charge on any atom is -0.495 e. The third-order valence-electron chi connectivity index (χ3n) is 5.62. The molecule has 0 radical (unpaired) electrons. The number of ether oxygens (including phenoxy) is 2. The minimum atomic E-state index is 0.561. The van der Waals surface area contributed by atoms with Crippen molar-refractivity contribution in [2.24, 2.45) is 5.92 Å². The molecule has 6 heteroatoms. The van der Waals surface area contributed by atoms with Crippen LogP contribution in [0.5, 0.6) is 11.5 Å². The van der Waals surface area contributed by atoms with Gasteiger partial charge in [0, 0.05) is 48.9 Å². The Bertz CT molecular complexity index is 1010.